The molecular weight excluding hydrogens is 276 g/mol. The molecule has 0 aliphatic carbocycles. The van der Waals surface area contributed by atoms with Gasteiger partial charge in [-0.2, -0.15) is 8.42 Å². The lowest BCUT2D eigenvalue weighted by atomic mass is 10.1. The summed E-state index contributed by atoms with van der Waals surface area (Å²) in [6.45, 7) is 0. The van der Waals surface area contributed by atoms with Gasteiger partial charge in [0.05, 0.1) is 5.69 Å². The van der Waals surface area contributed by atoms with Crippen molar-refractivity contribution in [3.63, 3.8) is 0 Å². The third-order valence-corrected chi connectivity index (χ3v) is 3.76. The van der Waals surface area contributed by atoms with E-state index < -0.39 is 10.1 Å². The lowest BCUT2D eigenvalue weighted by molar-refractivity contribution is 0.483. The van der Waals surface area contributed by atoms with Crippen molar-refractivity contribution in [3.8, 4) is 0 Å². The van der Waals surface area contributed by atoms with Crippen LogP contribution in [0.2, 0.25) is 0 Å². The first-order valence-corrected chi connectivity index (χ1v) is 7.22. The molecule has 2 aromatic carbocycles. The first kappa shape index (κ1) is 14.1. The quantitative estimate of drug-likeness (QED) is 0.456. The molecule has 5 N–H and O–H groups in total. The third kappa shape index (κ3) is 2.98. The predicted molar refractivity (Wildman–Crippen MR) is 80.5 cm³/mol. The van der Waals surface area contributed by atoms with E-state index >= 15 is 0 Å². The molecule has 0 spiro atoms. The summed E-state index contributed by atoms with van der Waals surface area (Å²) >= 11 is 0. The van der Waals surface area contributed by atoms with Crippen LogP contribution in [0.3, 0.4) is 0 Å². The van der Waals surface area contributed by atoms with E-state index in [2.05, 4.69) is 0 Å². The molecule has 0 radical (unpaired) electrons. The molecule has 0 unspecified atom stereocenters. The highest BCUT2D eigenvalue weighted by molar-refractivity contribution is 7.86. The molecule has 0 fully saturated rings. The molecule has 0 bridgehead atoms. The van der Waals surface area contributed by atoms with Gasteiger partial charge in [0.2, 0.25) is 0 Å². The van der Waals surface area contributed by atoms with Gasteiger partial charge in [-0.1, -0.05) is 42.5 Å². The minimum Gasteiger partial charge on any atom is -0.398 e. The average Bonchev–Trinajstić information content (AvgIpc) is 2.36. The second-order valence-corrected chi connectivity index (χ2v) is 5.56. The zero-order valence-corrected chi connectivity index (χ0v) is 11.3. The van der Waals surface area contributed by atoms with Gasteiger partial charge in [-0.25, -0.2) is 0 Å². The van der Waals surface area contributed by atoms with Crippen LogP contribution in [0.25, 0.3) is 12.2 Å². The van der Waals surface area contributed by atoms with Crippen LogP contribution in [0.4, 0.5) is 11.4 Å². The Morgan fingerprint density at radius 2 is 1.40 bits per heavy atom. The van der Waals surface area contributed by atoms with Crippen molar-refractivity contribution in [1.29, 1.82) is 0 Å². The van der Waals surface area contributed by atoms with Crippen molar-refractivity contribution in [3.05, 3.63) is 53.6 Å². The van der Waals surface area contributed by atoms with Crippen molar-refractivity contribution < 1.29 is 13.0 Å². The highest BCUT2D eigenvalue weighted by Crippen LogP contribution is 2.25. The SMILES string of the molecule is Nc1ccccc1/C=C/c1cccc(N)c1S(=O)(=O)O. The van der Waals surface area contributed by atoms with Crippen LogP contribution in [0.5, 0.6) is 0 Å². The highest BCUT2D eigenvalue weighted by atomic mass is 32.2. The molecule has 0 aromatic heterocycles. The maximum atomic E-state index is 11.4. The number of rotatable bonds is 3. The smallest absolute Gasteiger partial charge is 0.297 e. The fraction of sp³-hybridized carbons (Fsp3) is 0. The van der Waals surface area contributed by atoms with E-state index in [1.54, 1.807) is 42.5 Å². The van der Waals surface area contributed by atoms with Gasteiger partial charge in [-0.3, -0.25) is 4.55 Å². The van der Waals surface area contributed by atoms with Crippen LogP contribution in [0.1, 0.15) is 11.1 Å². The monoisotopic (exact) mass is 290 g/mol. The van der Waals surface area contributed by atoms with Crippen molar-refractivity contribution in [2.45, 2.75) is 4.90 Å². The number of nitrogen functional groups attached to an aromatic ring is 2. The average molecular weight is 290 g/mol. The summed E-state index contributed by atoms with van der Waals surface area (Å²) in [7, 11) is -4.39. The van der Waals surface area contributed by atoms with E-state index in [-0.39, 0.29) is 10.6 Å². The number of nitrogens with two attached hydrogens (primary N) is 2. The summed E-state index contributed by atoms with van der Waals surface area (Å²) in [6.07, 6.45) is 3.21. The lowest BCUT2D eigenvalue weighted by Gasteiger charge is -2.06. The van der Waals surface area contributed by atoms with Crippen molar-refractivity contribution in [2.24, 2.45) is 0 Å². The number of benzene rings is 2. The second-order valence-electron chi connectivity index (χ2n) is 4.20. The first-order chi connectivity index (χ1) is 9.39. The third-order valence-electron chi connectivity index (χ3n) is 2.77. The second kappa shape index (κ2) is 5.36. The van der Waals surface area contributed by atoms with Gasteiger partial charge >= 0.3 is 0 Å². The van der Waals surface area contributed by atoms with E-state index in [4.69, 9.17) is 11.5 Å². The van der Waals surface area contributed by atoms with Crippen LogP contribution in [-0.2, 0) is 10.1 Å². The van der Waals surface area contributed by atoms with Crippen molar-refractivity contribution >= 4 is 33.6 Å². The molecular formula is C14H14N2O3S. The zero-order chi connectivity index (χ0) is 14.8. The number of hydrogen-bond donors (Lipinski definition) is 3. The van der Waals surface area contributed by atoms with Gasteiger partial charge in [0.1, 0.15) is 4.90 Å². The Hall–Kier alpha value is -2.31. The topological polar surface area (TPSA) is 106 Å². The van der Waals surface area contributed by atoms with Crippen molar-refractivity contribution in [2.75, 3.05) is 11.5 Å². The Balaban J connectivity index is 2.51. The van der Waals surface area contributed by atoms with E-state index in [1.165, 1.54) is 6.07 Å². The molecule has 0 aliphatic rings. The van der Waals surface area contributed by atoms with Gasteiger partial charge in [-0.15, -0.1) is 0 Å². The number of anilines is 2. The maximum Gasteiger partial charge on any atom is 0.297 e. The van der Waals surface area contributed by atoms with E-state index in [0.29, 0.717) is 11.3 Å². The van der Waals surface area contributed by atoms with Crippen LogP contribution in [0, 0.1) is 0 Å². The van der Waals surface area contributed by atoms with Crippen LogP contribution in [-0.4, -0.2) is 13.0 Å². The van der Waals surface area contributed by atoms with E-state index in [0.717, 1.165) is 5.56 Å². The summed E-state index contributed by atoms with van der Waals surface area (Å²) in [4.78, 5) is -0.300. The largest absolute Gasteiger partial charge is 0.398 e. The Labute approximate surface area is 117 Å². The molecule has 104 valence electrons. The Bertz CT molecular complexity index is 768. The van der Waals surface area contributed by atoms with Gasteiger partial charge in [0, 0.05) is 5.69 Å². The minimum absolute atomic E-state index is 0.00400. The molecule has 0 heterocycles. The number of para-hydroxylation sites is 1. The molecule has 0 amide bonds. The zero-order valence-electron chi connectivity index (χ0n) is 10.5. The van der Waals surface area contributed by atoms with E-state index in [1.807, 2.05) is 6.07 Å². The fourth-order valence-electron chi connectivity index (χ4n) is 1.84. The van der Waals surface area contributed by atoms with Crippen LogP contribution < -0.4 is 11.5 Å². The summed E-state index contributed by atoms with van der Waals surface area (Å²) < 4.78 is 32.0. The van der Waals surface area contributed by atoms with Gasteiger partial charge in [0.15, 0.2) is 0 Å². The Morgan fingerprint density at radius 1 is 0.850 bits per heavy atom. The molecule has 2 aromatic rings. The summed E-state index contributed by atoms with van der Waals surface area (Å²) in [5, 5.41) is 0. The Kier molecular flexibility index (Phi) is 3.78. The van der Waals surface area contributed by atoms with Crippen molar-refractivity contribution in [1.82, 2.24) is 0 Å². The highest BCUT2D eigenvalue weighted by Gasteiger charge is 2.17. The summed E-state index contributed by atoms with van der Waals surface area (Å²) in [5.41, 5.74) is 13.0. The predicted octanol–water partition coefficient (Wildman–Crippen LogP) is 2.27. The van der Waals surface area contributed by atoms with Gasteiger partial charge < -0.3 is 11.5 Å². The molecule has 6 heteroatoms. The molecule has 5 nitrogen and oxygen atoms in total. The molecule has 0 saturated carbocycles. The molecule has 2 rings (SSSR count). The minimum atomic E-state index is -4.39. The van der Waals surface area contributed by atoms with Crippen LogP contribution >= 0.6 is 0 Å². The fourth-order valence-corrected chi connectivity index (χ4v) is 2.64. The normalized spacial score (nSPS) is 11.8. The molecule has 20 heavy (non-hydrogen) atoms. The van der Waals surface area contributed by atoms with Gasteiger partial charge in [-0.05, 0) is 23.3 Å². The lowest BCUT2D eigenvalue weighted by Crippen LogP contribution is -2.05. The number of hydrogen-bond acceptors (Lipinski definition) is 4. The first-order valence-electron chi connectivity index (χ1n) is 5.78. The summed E-state index contributed by atoms with van der Waals surface area (Å²) in [5.74, 6) is 0. The van der Waals surface area contributed by atoms with Crippen LogP contribution in [0.15, 0.2) is 47.4 Å². The molecule has 0 saturated heterocycles. The van der Waals surface area contributed by atoms with E-state index in [9.17, 15) is 13.0 Å². The molecule has 0 atom stereocenters. The molecule has 0 aliphatic heterocycles. The standard InChI is InChI=1S/C14H14N2O3S/c15-12-6-2-1-4-10(12)8-9-11-5-3-7-13(16)14(11)20(17,18)19/h1-9H,15-16H2,(H,17,18,19)/b9-8+. The maximum absolute atomic E-state index is 11.4. The van der Waals surface area contributed by atoms with Gasteiger partial charge in [0.25, 0.3) is 10.1 Å². The summed E-state index contributed by atoms with van der Waals surface area (Å²) in [6, 6.07) is 11.7. The Morgan fingerprint density at radius 3 is 2.05 bits per heavy atom.